The second kappa shape index (κ2) is 7.04. The van der Waals surface area contributed by atoms with Crippen molar-refractivity contribution in [1.29, 1.82) is 0 Å². The summed E-state index contributed by atoms with van der Waals surface area (Å²) in [6.07, 6.45) is 0. The SMILES string of the molecule is CC(CN(C)C(c1ccccc1)c1ccccc1)C(=O)O. The summed E-state index contributed by atoms with van der Waals surface area (Å²) in [4.78, 5) is 13.2. The summed E-state index contributed by atoms with van der Waals surface area (Å²) in [5.74, 6) is -1.16. The molecule has 2 aromatic carbocycles. The van der Waals surface area contributed by atoms with Gasteiger partial charge >= 0.3 is 5.97 Å². The molecule has 0 fully saturated rings. The lowest BCUT2D eigenvalue weighted by Gasteiger charge is -2.30. The minimum atomic E-state index is -0.762. The molecule has 0 radical (unpaired) electrons. The Kier molecular flexibility index (Phi) is 5.12. The van der Waals surface area contributed by atoms with Crippen LogP contribution in [0.25, 0.3) is 0 Å². The zero-order valence-electron chi connectivity index (χ0n) is 12.4. The standard InChI is InChI=1S/C18H21NO2/c1-14(18(20)21)13-19(2)17(15-9-5-3-6-10-15)16-11-7-4-8-12-16/h3-12,14,17H,13H2,1-2H3,(H,20,21). The summed E-state index contributed by atoms with van der Waals surface area (Å²) in [6.45, 7) is 2.25. The van der Waals surface area contributed by atoms with Gasteiger partial charge in [0.1, 0.15) is 0 Å². The first kappa shape index (κ1) is 15.3. The van der Waals surface area contributed by atoms with Crippen molar-refractivity contribution in [3.05, 3.63) is 71.8 Å². The highest BCUT2D eigenvalue weighted by Gasteiger charge is 2.22. The number of carbonyl (C=O) groups is 1. The van der Waals surface area contributed by atoms with E-state index >= 15 is 0 Å². The molecule has 0 spiro atoms. The van der Waals surface area contributed by atoms with Gasteiger partial charge in [0.05, 0.1) is 12.0 Å². The van der Waals surface area contributed by atoms with Crippen LogP contribution in [-0.2, 0) is 4.79 Å². The molecule has 0 heterocycles. The average Bonchev–Trinajstić information content (AvgIpc) is 2.49. The molecule has 0 saturated heterocycles. The molecule has 1 N–H and O–H groups in total. The van der Waals surface area contributed by atoms with Gasteiger partial charge in [0.15, 0.2) is 0 Å². The molecule has 1 unspecified atom stereocenters. The Morgan fingerprint density at radius 3 is 1.81 bits per heavy atom. The molecule has 0 aliphatic carbocycles. The van der Waals surface area contributed by atoms with E-state index < -0.39 is 11.9 Å². The number of rotatable bonds is 6. The second-order valence-corrected chi connectivity index (χ2v) is 5.40. The van der Waals surface area contributed by atoms with Crippen molar-refractivity contribution < 1.29 is 9.90 Å². The maximum atomic E-state index is 11.1. The molecule has 0 aliphatic rings. The summed E-state index contributed by atoms with van der Waals surface area (Å²) < 4.78 is 0. The van der Waals surface area contributed by atoms with E-state index in [9.17, 15) is 4.79 Å². The van der Waals surface area contributed by atoms with Crippen molar-refractivity contribution in [2.75, 3.05) is 13.6 Å². The van der Waals surface area contributed by atoms with Gasteiger partial charge in [-0.2, -0.15) is 0 Å². The molecule has 21 heavy (non-hydrogen) atoms. The topological polar surface area (TPSA) is 40.5 Å². The van der Waals surface area contributed by atoms with Crippen molar-refractivity contribution in [1.82, 2.24) is 4.90 Å². The first-order chi connectivity index (χ1) is 10.1. The van der Waals surface area contributed by atoms with E-state index in [-0.39, 0.29) is 6.04 Å². The molecular formula is C18H21NO2. The van der Waals surface area contributed by atoms with E-state index in [0.717, 1.165) is 0 Å². The summed E-state index contributed by atoms with van der Waals surface area (Å²) in [6, 6.07) is 20.4. The molecule has 0 aliphatic heterocycles. The number of benzene rings is 2. The number of hydrogen-bond acceptors (Lipinski definition) is 2. The van der Waals surface area contributed by atoms with Crippen molar-refractivity contribution >= 4 is 5.97 Å². The fourth-order valence-electron chi connectivity index (χ4n) is 2.59. The van der Waals surface area contributed by atoms with Crippen molar-refractivity contribution in [3.63, 3.8) is 0 Å². The smallest absolute Gasteiger partial charge is 0.307 e. The lowest BCUT2D eigenvalue weighted by atomic mass is 9.96. The van der Waals surface area contributed by atoms with Gasteiger partial charge in [-0.05, 0) is 18.2 Å². The lowest BCUT2D eigenvalue weighted by Crippen LogP contribution is -2.32. The number of hydrogen-bond donors (Lipinski definition) is 1. The van der Waals surface area contributed by atoms with Crippen LogP contribution in [0, 0.1) is 5.92 Å². The van der Waals surface area contributed by atoms with Crippen LogP contribution < -0.4 is 0 Å². The Bertz CT molecular complexity index is 529. The molecule has 0 aromatic heterocycles. The normalized spacial score (nSPS) is 12.6. The van der Waals surface area contributed by atoms with Gasteiger partial charge in [-0.25, -0.2) is 0 Å². The molecule has 0 amide bonds. The second-order valence-electron chi connectivity index (χ2n) is 5.40. The molecule has 3 nitrogen and oxygen atoms in total. The van der Waals surface area contributed by atoms with E-state index in [1.807, 2.05) is 43.4 Å². The molecule has 3 heteroatoms. The van der Waals surface area contributed by atoms with Gasteiger partial charge in [-0.3, -0.25) is 9.69 Å². The number of aliphatic carboxylic acids is 1. The molecule has 110 valence electrons. The molecular weight excluding hydrogens is 262 g/mol. The van der Waals surface area contributed by atoms with Crippen LogP contribution in [0.5, 0.6) is 0 Å². The van der Waals surface area contributed by atoms with E-state index in [1.165, 1.54) is 11.1 Å². The van der Waals surface area contributed by atoms with Gasteiger partial charge in [0, 0.05) is 6.54 Å². The fraction of sp³-hybridized carbons (Fsp3) is 0.278. The van der Waals surface area contributed by atoms with Crippen LogP contribution in [0.15, 0.2) is 60.7 Å². The summed E-state index contributed by atoms with van der Waals surface area (Å²) in [5.41, 5.74) is 2.34. The Morgan fingerprint density at radius 1 is 1.00 bits per heavy atom. The lowest BCUT2D eigenvalue weighted by molar-refractivity contribution is -0.141. The van der Waals surface area contributed by atoms with E-state index in [0.29, 0.717) is 6.54 Å². The molecule has 1 atom stereocenters. The minimum Gasteiger partial charge on any atom is -0.481 e. The largest absolute Gasteiger partial charge is 0.481 e. The van der Waals surface area contributed by atoms with Crippen LogP contribution >= 0.6 is 0 Å². The summed E-state index contributed by atoms with van der Waals surface area (Å²) >= 11 is 0. The van der Waals surface area contributed by atoms with E-state index in [1.54, 1.807) is 6.92 Å². The molecule has 0 saturated carbocycles. The van der Waals surface area contributed by atoms with Gasteiger partial charge in [0.2, 0.25) is 0 Å². The minimum absolute atomic E-state index is 0.0641. The van der Waals surface area contributed by atoms with Gasteiger partial charge in [0.25, 0.3) is 0 Å². The Morgan fingerprint density at radius 2 is 1.43 bits per heavy atom. The number of carboxylic acids is 1. The Balaban J connectivity index is 2.31. The fourth-order valence-corrected chi connectivity index (χ4v) is 2.59. The Labute approximate surface area is 125 Å². The van der Waals surface area contributed by atoms with E-state index in [4.69, 9.17) is 5.11 Å². The monoisotopic (exact) mass is 283 g/mol. The zero-order valence-corrected chi connectivity index (χ0v) is 12.4. The Hall–Kier alpha value is -2.13. The predicted octanol–water partition coefficient (Wildman–Crippen LogP) is 3.43. The van der Waals surface area contributed by atoms with E-state index in [2.05, 4.69) is 29.2 Å². The third kappa shape index (κ3) is 3.92. The number of carboxylic acid groups (broad SMARTS) is 1. The maximum absolute atomic E-state index is 11.1. The first-order valence-corrected chi connectivity index (χ1v) is 7.12. The van der Waals surface area contributed by atoms with Crippen LogP contribution in [-0.4, -0.2) is 29.6 Å². The highest BCUT2D eigenvalue weighted by atomic mass is 16.4. The highest BCUT2D eigenvalue weighted by molar-refractivity contribution is 5.69. The average molecular weight is 283 g/mol. The van der Waals surface area contributed by atoms with Gasteiger partial charge in [-0.1, -0.05) is 67.6 Å². The van der Waals surface area contributed by atoms with Crippen LogP contribution in [0.1, 0.15) is 24.1 Å². The van der Waals surface area contributed by atoms with Crippen molar-refractivity contribution in [2.45, 2.75) is 13.0 Å². The third-order valence-corrected chi connectivity index (χ3v) is 3.65. The van der Waals surface area contributed by atoms with Crippen molar-refractivity contribution in [3.8, 4) is 0 Å². The molecule has 2 aromatic rings. The third-order valence-electron chi connectivity index (χ3n) is 3.65. The van der Waals surface area contributed by atoms with Crippen LogP contribution in [0.2, 0.25) is 0 Å². The van der Waals surface area contributed by atoms with Gasteiger partial charge in [-0.15, -0.1) is 0 Å². The summed E-state index contributed by atoms with van der Waals surface area (Å²) in [7, 11) is 1.98. The van der Waals surface area contributed by atoms with Crippen LogP contribution in [0.4, 0.5) is 0 Å². The highest BCUT2D eigenvalue weighted by Crippen LogP contribution is 2.27. The van der Waals surface area contributed by atoms with Gasteiger partial charge < -0.3 is 5.11 Å². The molecule has 0 bridgehead atoms. The van der Waals surface area contributed by atoms with Crippen molar-refractivity contribution in [2.24, 2.45) is 5.92 Å². The zero-order chi connectivity index (χ0) is 15.2. The molecule has 2 rings (SSSR count). The summed E-state index contributed by atoms with van der Waals surface area (Å²) in [5, 5.41) is 9.13. The maximum Gasteiger partial charge on any atom is 0.307 e. The quantitative estimate of drug-likeness (QED) is 0.883. The first-order valence-electron chi connectivity index (χ1n) is 7.12. The predicted molar refractivity (Wildman–Crippen MR) is 84.2 cm³/mol. The number of nitrogens with zero attached hydrogens (tertiary/aromatic N) is 1. The van der Waals surface area contributed by atoms with Crippen LogP contribution in [0.3, 0.4) is 0 Å².